The summed E-state index contributed by atoms with van der Waals surface area (Å²) in [7, 11) is 2.03. The molecule has 2 heterocycles. The van der Waals surface area contributed by atoms with Crippen molar-refractivity contribution < 1.29 is 0 Å². The quantitative estimate of drug-likeness (QED) is 0.864. The standard InChI is InChI=1S/C15H22N4/c1-4-12-7-6-8-18-15(12)13(16-5-2)11-14-17-9-10-19(14)3/h6-10,13,16H,4-5,11H2,1-3H3. The van der Waals surface area contributed by atoms with Crippen molar-refractivity contribution in [2.75, 3.05) is 6.54 Å². The molecule has 0 saturated carbocycles. The Labute approximate surface area is 114 Å². The molecule has 2 aromatic rings. The smallest absolute Gasteiger partial charge is 0.110 e. The molecule has 2 rings (SSSR count). The molecule has 2 aromatic heterocycles. The van der Waals surface area contributed by atoms with Crippen LogP contribution >= 0.6 is 0 Å². The highest BCUT2D eigenvalue weighted by Gasteiger charge is 2.17. The highest BCUT2D eigenvalue weighted by Crippen LogP contribution is 2.19. The number of hydrogen-bond donors (Lipinski definition) is 1. The molecule has 0 aliphatic rings. The van der Waals surface area contributed by atoms with E-state index in [1.807, 2.05) is 31.7 Å². The first-order valence-corrected chi connectivity index (χ1v) is 6.89. The van der Waals surface area contributed by atoms with Crippen LogP contribution in [0.15, 0.2) is 30.7 Å². The normalized spacial score (nSPS) is 12.6. The summed E-state index contributed by atoms with van der Waals surface area (Å²) in [5.74, 6) is 1.08. The largest absolute Gasteiger partial charge is 0.338 e. The van der Waals surface area contributed by atoms with Crippen LogP contribution < -0.4 is 5.32 Å². The Bertz CT molecular complexity index is 518. The molecule has 0 aromatic carbocycles. The van der Waals surface area contributed by atoms with Crippen LogP contribution in [0.1, 0.15) is 37.0 Å². The molecule has 19 heavy (non-hydrogen) atoms. The van der Waals surface area contributed by atoms with Gasteiger partial charge in [0, 0.05) is 32.1 Å². The van der Waals surface area contributed by atoms with Crippen molar-refractivity contribution in [1.29, 1.82) is 0 Å². The van der Waals surface area contributed by atoms with E-state index >= 15 is 0 Å². The molecule has 1 unspecified atom stereocenters. The van der Waals surface area contributed by atoms with Gasteiger partial charge in [0.25, 0.3) is 0 Å². The maximum absolute atomic E-state index is 4.58. The Morgan fingerprint density at radius 3 is 2.74 bits per heavy atom. The van der Waals surface area contributed by atoms with Gasteiger partial charge in [0.1, 0.15) is 5.82 Å². The zero-order valence-corrected chi connectivity index (χ0v) is 11.9. The Hall–Kier alpha value is -1.68. The van der Waals surface area contributed by atoms with Crippen LogP contribution in [0.5, 0.6) is 0 Å². The molecule has 1 N–H and O–H groups in total. The van der Waals surface area contributed by atoms with Gasteiger partial charge in [-0.15, -0.1) is 0 Å². The number of nitrogens with one attached hydrogen (secondary N) is 1. The summed E-state index contributed by atoms with van der Waals surface area (Å²) in [5.41, 5.74) is 2.46. The van der Waals surface area contributed by atoms with Crippen molar-refractivity contribution in [1.82, 2.24) is 19.9 Å². The van der Waals surface area contributed by atoms with E-state index in [1.54, 1.807) is 0 Å². The monoisotopic (exact) mass is 258 g/mol. The molecule has 0 amide bonds. The third-order valence-corrected chi connectivity index (χ3v) is 3.40. The second kappa shape index (κ2) is 6.48. The molecule has 102 valence electrons. The summed E-state index contributed by atoms with van der Waals surface area (Å²) in [6.45, 7) is 5.22. The van der Waals surface area contributed by atoms with E-state index in [0.717, 1.165) is 30.9 Å². The van der Waals surface area contributed by atoms with Crippen molar-refractivity contribution >= 4 is 0 Å². The van der Waals surface area contributed by atoms with Crippen molar-refractivity contribution in [3.63, 3.8) is 0 Å². The third kappa shape index (κ3) is 3.20. The van der Waals surface area contributed by atoms with Gasteiger partial charge in [-0.1, -0.05) is 19.9 Å². The summed E-state index contributed by atoms with van der Waals surface area (Å²) < 4.78 is 2.07. The molecule has 0 aliphatic carbocycles. The maximum atomic E-state index is 4.58. The molecule has 0 aliphatic heterocycles. The number of nitrogens with zero attached hydrogens (tertiary/aromatic N) is 3. The minimum absolute atomic E-state index is 0.224. The average Bonchev–Trinajstić information content (AvgIpc) is 2.84. The SMILES string of the molecule is CCNC(Cc1nccn1C)c1ncccc1CC. The second-order valence-corrected chi connectivity index (χ2v) is 4.67. The van der Waals surface area contributed by atoms with Crippen LogP contribution in [0, 0.1) is 0 Å². The molecule has 1 atom stereocenters. The number of hydrogen-bond acceptors (Lipinski definition) is 3. The van der Waals surface area contributed by atoms with Crippen LogP contribution in [0.2, 0.25) is 0 Å². The molecule has 0 bridgehead atoms. The van der Waals surface area contributed by atoms with Crippen molar-refractivity contribution in [2.45, 2.75) is 32.7 Å². The predicted octanol–water partition coefficient (Wildman–Crippen LogP) is 2.27. The van der Waals surface area contributed by atoms with E-state index in [9.17, 15) is 0 Å². The number of aryl methyl sites for hydroxylation is 2. The van der Waals surface area contributed by atoms with Gasteiger partial charge in [-0.05, 0) is 24.6 Å². The van der Waals surface area contributed by atoms with Crippen molar-refractivity contribution in [2.24, 2.45) is 7.05 Å². The number of rotatable bonds is 6. The highest BCUT2D eigenvalue weighted by atomic mass is 15.0. The highest BCUT2D eigenvalue weighted by molar-refractivity contribution is 5.23. The lowest BCUT2D eigenvalue weighted by Crippen LogP contribution is -2.26. The van der Waals surface area contributed by atoms with Gasteiger partial charge in [-0.3, -0.25) is 4.98 Å². The van der Waals surface area contributed by atoms with E-state index in [2.05, 4.69) is 39.8 Å². The molecular formula is C15H22N4. The second-order valence-electron chi connectivity index (χ2n) is 4.67. The van der Waals surface area contributed by atoms with Crippen LogP contribution in [0.25, 0.3) is 0 Å². The van der Waals surface area contributed by atoms with Gasteiger partial charge in [-0.25, -0.2) is 4.98 Å². The van der Waals surface area contributed by atoms with Crippen LogP contribution in [-0.4, -0.2) is 21.1 Å². The van der Waals surface area contributed by atoms with Crippen LogP contribution in [-0.2, 0) is 19.9 Å². The molecular weight excluding hydrogens is 236 g/mol. The van der Waals surface area contributed by atoms with Gasteiger partial charge in [0.05, 0.1) is 11.7 Å². The number of pyridine rings is 1. The minimum atomic E-state index is 0.224. The topological polar surface area (TPSA) is 42.7 Å². The van der Waals surface area contributed by atoms with Gasteiger partial charge in [-0.2, -0.15) is 0 Å². The first-order valence-electron chi connectivity index (χ1n) is 6.89. The van der Waals surface area contributed by atoms with Gasteiger partial charge in [0.2, 0.25) is 0 Å². The maximum Gasteiger partial charge on any atom is 0.110 e. The van der Waals surface area contributed by atoms with E-state index < -0.39 is 0 Å². The molecule has 0 fully saturated rings. The fourth-order valence-corrected chi connectivity index (χ4v) is 2.35. The Morgan fingerprint density at radius 2 is 2.11 bits per heavy atom. The van der Waals surface area contributed by atoms with E-state index in [1.165, 1.54) is 5.56 Å². The molecule has 0 radical (unpaired) electrons. The van der Waals surface area contributed by atoms with Crippen LogP contribution in [0.3, 0.4) is 0 Å². The van der Waals surface area contributed by atoms with Crippen LogP contribution in [0.4, 0.5) is 0 Å². The third-order valence-electron chi connectivity index (χ3n) is 3.40. The lowest BCUT2D eigenvalue weighted by molar-refractivity contribution is 0.513. The van der Waals surface area contributed by atoms with Crippen molar-refractivity contribution in [3.05, 3.63) is 47.8 Å². The fraction of sp³-hybridized carbons (Fsp3) is 0.467. The van der Waals surface area contributed by atoms with Crippen molar-refractivity contribution in [3.8, 4) is 0 Å². The summed E-state index contributed by atoms with van der Waals surface area (Å²) >= 11 is 0. The van der Waals surface area contributed by atoms with Gasteiger partial charge < -0.3 is 9.88 Å². The summed E-state index contributed by atoms with van der Waals surface area (Å²) in [6.07, 6.45) is 7.57. The Kier molecular flexibility index (Phi) is 4.68. The Morgan fingerprint density at radius 1 is 1.26 bits per heavy atom. The summed E-state index contributed by atoms with van der Waals surface area (Å²) in [4.78, 5) is 8.99. The lowest BCUT2D eigenvalue weighted by atomic mass is 10.0. The Balaban J connectivity index is 2.27. The first kappa shape index (κ1) is 13.7. The predicted molar refractivity (Wildman–Crippen MR) is 76.9 cm³/mol. The van der Waals surface area contributed by atoms with Gasteiger partial charge >= 0.3 is 0 Å². The number of imidazole rings is 1. The average molecular weight is 258 g/mol. The molecule has 4 nitrogen and oxygen atoms in total. The minimum Gasteiger partial charge on any atom is -0.338 e. The lowest BCUT2D eigenvalue weighted by Gasteiger charge is -2.19. The summed E-state index contributed by atoms with van der Waals surface area (Å²) in [5, 5.41) is 3.52. The molecule has 4 heteroatoms. The van der Waals surface area contributed by atoms with E-state index in [0.29, 0.717) is 0 Å². The van der Waals surface area contributed by atoms with Gasteiger partial charge in [0.15, 0.2) is 0 Å². The number of aromatic nitrogens is 3. The number of likely N-dealkylation sites (N-methyl/N-ethyl adjacent to an activating group) is 1. The first-order chi connectivity index (χ1) is 9.26. The summed E-state index contributed by atoms with van der Waals surface area (Å²) in [6, 6.07) is 4.39. The zero-order valence-electron chi connectivity index (χ0n) is 11.9. The zero-order chi connectivity index (χ0) is 13.7. The van der Waals surface area contributed by atoms with E-state index in [-0.39, 0.29) is 6.04 Å². The molecule has 0 saturated heterocycles. The molecule has 0 spiro atoms. The fourth-order valence-electron chi connectivity index (χ4n) is 2.35. The van der Waals surface area contributed by atoms with E-state index in [4.69, 9.17) is 0 Å².